The summed E-state index contributed by atoms with van der Waals surface area (Å²) >= 11 is 3.17. The van der Waals surface area contributed by atoms with E-state index in [9.17, 15) is 0 Å². The van der Waals surface area contributed by atoms with Crippen molar-refractivity contribution in [1.82, 2.24) is 20.5 Å². The number of rotatable bonds is 2. The third kappa shape index (κ3) is 1.34. The maximum absolute atomic E-state index is 8.35. The number of halogens is 1. The van der Waals surface area contributed by atoms with Crippen LogP contribution in [-0.2, 0) is 13.6 Å². The van der Waals surface area contributed by atoms with Gasteiger partial charge in [-0.15, -0.1) is 5.10 Å². The van der Waals surface area contributed by atoms with Crippen molar-refractivity contribution >= 4 is 15.9 Å². The Morgan fingerprint density at radius 2 is 2.50 bits per heavy atom. The van der Waals surface area contributed by atoms with Crippen molar-refractivity contribution in [2.24, 2.45) is 7.05 Å². The van der Waals surface area contributed by atoms with Gasteiger partial charge in [0.1, 0.15) is 0 Å². The number of nitrogens with one attached hydrogen (secondary N) is 1. The topological polar surface area (TPSA) is 63.0 Å². The molecule has 0 atom stereocenters. The molecule has 10 heavy (non-hydrogen) atoms. The minimum Gasteiger partial charge on any atom is -0.316 e. The van der Waals surface area contributed by atoms with E-state index < -0.39 is 0 Å². The highest BCUT2D eigenvalue weighted by Crippen LogP contribution is 2.10. The Hall–Kier alpha value is -0.460. The third-order valence-corrected chi connectivity index (χ3v) is 1.76. The lowest BCUT2D eigenvalue weighted by Crippen LogP contribution is -2.10. The summed E-state index contributed by atoms with van der Waals surface area (Å²) in [7, 11) is 1.75. The lowest BCUT2D eigenvalue weighted by Gasteiger charge is -1.96. The molecule has 56 valence electrons. The average Bonchev–Trinajstić information content (AvgIpc) is 2.20. The third-order valence-electron chi connectivity index (χ3n) is 1.14. The maximum Gasteiger partial charge on any atom is 0.152 e. The average molecular weight is 207 g/mol. The highest BCUT2D eigenvalue weighted by atomic mass is 79.9. The van der Waals surface area contributed by atoms with Gasteiger partial charge >= 0.3 is 0 Å². The number of nitrogens with zero attached hydrogens (tertiary/aromatic N) is 3. The molecule has 6 heteroatoms. The van der Waals surface area contributed by atoms with E-state index in [-0.39, 0.29) is 0 Å². The van der Waals surface area contributed by atoms with Crippen molar-refractivity contribution in [2.45, 2.75) is 6.54 Å². The lowest BCUT2D eigenvalue weighted by atomic mass is 10.5. The molecule has 0 aliphatic carbocycles. The molecule has 0 aliphatic rings. The van der Waals surface area contributed by atoms with E-state index in [1.165, 1.54) is 0 Å². The van der Waals surface area contributed by atoms with Crippen molar-refractivity contribution in [3.8, 4) is 0 Å². The fraction of sp³-hybridized carbons (Fsp3) is 0.500. The van der Waals surface area contributed by atoms with Crippen molar-refractivity contribution in [1.29, 1.82) is 0 Å². The van der Waals surface area contributed by atoms with Crippen LogP contribution in [0.2, 0.25) is 0 Å². The van der Waals surface area contributed by atoms with Gasteiger partial charge in [-0.05, 0) is 15.9 Å². The molecule has 0 saturated heterocycles. The number of hydrogen-bond donors (Lipinski definition) is 2. The zero-order chi connectivity index (χ0) is 7.56. The second-order valence-corrected chi connectivity index (χ2v) is 2.54. The Morgan fingerprint density at radius 1 is 1.80 bits per heavy atom. The van der Waals surface area contributed by atoms with Gasteiger partial charge in [0, 0.05) is 7.05 Å². The van der Waals surface area contributed by atoms with Gasteiger partial charge in [0.25, 0.3) is 0 Å². The quantitative estimate of drug-likeness (QED) is 0.673. The number of aromatic nitrogens is 3. The van der Waals surface area contributed by atoms with Crippen LogP contribution in [0.3, 0.4) is 0 Å². The first kappa shape index (κ1) is 7.64. The molecule has 0 aliphatic heterocycles. The Balaban J connectivity index is 2.87. The monoisotopic (exact) mass is 206 g/mol. The van der Waals surface area contributed by atoms with E-state index in [1.54, 1.807) is 11.7 Å². The highest BCUT2D eigenvalue weighted by molar-refractivity contribution is 9.10. The number of hydrogen-bond acceptors (Lipinski definition) is 4. The van der Waals surface area contributed by atoms with Crippen molar-refractivity contribution in [3.05, 3.63) is 10.3 Å². The van der Waals surface area contributed by atoms with Crippen LogP contribution < -0.4 is 5.48 Å². The van der Waals surface area contributed by atoms with Gasteiger partial charge < -0.3 is 5.21 Å². The SMILES string of the molecule is Cn1nnc(Br)c1CNO. The normalized spacial score (nSPS) is 10.3. The van der Waals surface area contributed by atoms with E-state index in [4.69, 9.17) is 5.21 Å². The summed E-state index contributed by atoms with van der Waals surface area (Å²) < 4.78 is 2.23. The molecule has 0 fully saturated rings. The van der Waals surface area contributed by atoms with E-state index in [2.05, 4.69) is 26.2 Å². The van der Waals surface area contributed by atoms with Gasteiger partial charge in [-0.25, -0.2) is 4.68 Å². The van der Waals surface area contributed by atoms with E-state index >= 15 is 0 Å². The number of aryl methyl sites for hydroxylation is 1. The van der Waals surface area contributed by atoms with Crippen molar-refractivity contribution in [2.75, 3.05) is 0 Å². The van der Waals surface area contributed by atoms with Gasteiger partial charge in [0.15, 0.2) is 4.60 Å². The zero-order valence-electron chi connectivity index (χ0n) is 5.37. The van der Waals surface area contributed by atoms with Crippen LogP contribution in [0.25, 0.3) is 0 Å². The summed E-state index contributed by atoms with van der Waals surface area (Å²) in [6.45, 7) is 0.337. The Bertz CT molecular complexity index is 204. The standard InChI is InChI=1S/C4H7BrN4O/c1-9-3(2-6-10)4(5)7-8-9/h6,10H,2H2,1H3. The fourth-order valence-electron chi connectivity index (χ4n) is 0.614. The van der Waals surface area contributed by atoms with Crippen LogP contribution in [0, 0.1) is 0 Å². The van der Waals surface area contributed by atoms with Crippen LogP contribution >= 0.6 is 15.9 Å². The molecule has 0 unspecified atom stereocenters. The smallest absolute Gasteiger partial charge is 0.152 e. The highest BCUT2D eigenvalue weighted by Gasteiger charge is 2.05. The molecule has 0 saturated carbocycles. The molecule has 5 nitrogen and oxygen atoms in total. The van der Waals surface area contributed by atoms with Gasteiger partial charge in [-0.3, -0.25) is 0 Å². The minimum atomic E-state index is 0.337. The van der Waals surface area contributed by atoms with Crippen molar-refractivity contribution < 1.29 is 5.21 Å². The van der Waals surface area contributed by atoms with Crippen LogP contribution in [0.5, 0.6) is 0 Å². The first-order valence-corrected chi connectivity index (χ1v) is 3.46. The van der Waals surface area contributed by atoms with Crippen LogP contribution in [0.1, 0.15) is 5.69 Å². The molecule has 1 rings (SSSR count). The zero-order valence-corrected chi connectivity index (χ0v) is 6.96. The number of hydroxylamine groups is 1. The Morgan fingerprint density at radius 3 is 2.90 bits per heavy atom. The fourth-order valence-corrected chi connectivity index (χ4v) is 1.08. The largest absolute Gasteiger partial charge is 0.316 e. The summed E-state index contributed by atoms with van der Waals surface area (Å²) in [6.07, 6.45) is 0. The lowest BCUT2D eigenvalue weighted by molar-refractivity contribution is 0.158. The molecular formula is C4H7BrN4O. The second-order valence-electron chi connectivity index (χ2n) is 1.79. The molecule has 0 spiro atoms. The van der Waals surface area contributed by atoms with Gasteiger partial charge in [-0.2, -0.15) is 5.48 Å². The predicted octanol–water partition coefficient (Wildman–Crippen LogP) is 0.0564. The molecule has 2 N–H and O–H groups in total. The van der Waals surface area contributed by atoms with Crippen LogP contribution in [0.4, 0.5) is 0 Å². The molecule has 0 amide bonds. The molecule has 0 aromatic carbocycles. The summed E-state index contributed by atoms with van der Waals surface area (Å²) in [5.74, 6) is 0. The van der Waals surface area contributed by atoms with E-state index in [0.29, 0.717) is 11.1 Å². The van der Waals surface area contributed by atoms with Gasteiger partial charge in [0.2, 0.25) is 0 Å². The summed E-state index contributed by atoms with van der Waals surface area (Å²) in [5, 5.41) is 15.8. The minimum absolute atomic E-state index is 0.337. The second kappa shape index (κ2) is 3.09. The molecule has 1 heterocycles. The van der Waals surface area contributed by atoms with Crippen LogP contribution in [0.15, 0.2) is 4.60 Å². The molecule has 1 aromatic rings. The molecule has 0 radical (unpaired) electrons. The molecule has 0 bridgehead atoms. The van der Waals surface area contributed by atoms with Gasteiger partial charge in [0.05, 0.1) is 12.2 Å². The molecular weight excluding hydrogens is 200 g/mol. The van der Waals surface area contributed by atoms with Gasteiger partial charge in [-0.1, -0.05) is 5.21 Å². The van der Waals surface area contributed by atoms with E-state index in [1.807, 2.05) is 5.48 Å². The first-order chi connectivity index (χ1) is 4.75. The summed E-state index contributed by atoms with van der Waals surface area (Å²) in [6, 6.07) is 0. The van der Waals surface area contributed by atoms with Crippen LogP contribution in [-0.4, -0.2) is 20.2 Å². The molecule has 1 aromatic heterocycles. The summed E-state index contributed by atoms with van der Waals surface area (Å²) in [5.41, 5.74) is 2.83. The van der Waals surface area contributed by atoms with Crippen molar-refractivity contribution in [3.63, 3.8) is 0 Å². The maximum atomic E-state index is 8.35. The predicted molar refractivity (Wildman–Crippen MR) is 37.3 cm³/mol. The summed E-state index contributed by atoms with van der Waals surface area (Å²) in [4.78, 5) is 0. The first-order valence-electron chi connectivity index (χ1n) is 2.66. The Labute approximate surface area is 66.1 Å². The van der Waals surface area contributed by atoms with E-state index in [0.717, 1.165) is 5.69 Å². The Kier molecular flexibility index (Phi) is 2.36.